The van der Waals surface area contributed by atoms with Crippen molar-refractivity contribution in [1.82, 2.24) is 47.3 Å². The average Bonchev–Trinajstić information content (AvgIpc) is 3.31. The van der Waals surface area contributed by atoms with Crippen molar-refractivity contribution in [3.63, 3.8) is 0 Å². The van der Waals surface area contributed by atoms with Gasteiger partial charge in [0.25, 0.3) is 0 Å². The number of carboxylic acids is 2. The lowest BCUT2D eigenvalue weighted by Crippen LogP contribution is -2.58. The highest BCUT2D eigenvalue weighted by Crippen LogP contribution is 2.12. The summed E-state index contributed by atoms with van der Waals surface area (Å²) in [6.07, 6.45) is 9.74. The van der Waals surface area contributed by atoms with Gasteiger partial charge in [-0.2, -0.15) is 0 Å². The lowest BCUT2D eigenvalue weighted by molar-refractivity contribution is -0.142. The van der Waals surface area contributed by atoms with E-state index in [1.54, 1.807) is 0 Å². The first-order valence-corrected chi connectivity index (χ1v) is 23.4. The van der Waals surface area contributed by atoms with E-state index >= 15 is 0 Å². The number of aliphatic hydroxyl groups is 4. The predicted octanol–water partition coefficient (Wildman–Crippen LogP) is -4.08. The maximum Gasteiger partial charge on any atom is 0.326 e. The number of hydrogen-bond acceptors (Lipinski definition) is 17. The minimum Gasteiger partial charge on any atom is -0.481 e. The van der Waals surface area contributed by atoms with Crippen molar-refractivity contribution in [3.8, 4) is 0 Å². The van der Waals surface area contributed by atoms with Gasteiger partial charge in [0.15, 0.2) is 0 Å². The van der Waals surface area contributed by atoms with E-state index in [1.165, 1.54) is 6.92 Å². The van der Waals surface area contributed by atoms with Crippen molar-refractivity contribution in [1.29, 1.82) is 0 Å². The van der Waals surface area contributed by atoms with Crippen molar-refractivity contribution in [2.75, 3.05) is 46.1 Å². The number of aliphatic carboxylic acids is 2. The molecular formula is C42H73N9O17S. The molecule has 8 amide bonds. The Labute approximate surface area is 405 Å². The summed E-state index contributed by atoms with van der Waals surface area (Å²) in [5, 5.41) is 74.7. The first-order valence-electron chi connectivity index (χ1n) is 22.9. The summed E-state index contributed by atoms with van der Waals surface area (Å²) in [6, 6.07) is -8.60. The van der Waals surface area contributed by atoms with Crippen LogP contribution >= 0.6 is 12.8 Å². The van der Waals surface area contributed by atoms with Gasteiger partial charge in [-0.15, -0.1) is 0 Å². The van der Waals surface area contributed by atoms with Crippen molar-refractivity contribution < 1.29 is 83.4 Å². The molecule has 0 bridgehead atoms. The number of ketones is 1. The zero-order valence-corrected chi connectivity index (χ0v) is 40.0. The van der Waals surface area contributed by atoms with Crippen LogP contribution in [0.15, 0.2) is 0 Å². The summed E-state index contributed by atoms with van der Waals surface area (Å²) in [4.78, 5) is 134. The second kappa shape index (κ2) is 38.4. The fourth-order valence-corrected chi connectivity index (χ4v) is 6.62. The van der Waals surface area contributed by atoms with Crippen LogP contribution in [0.4, 0.5) is 0 Å². The lowest BCUT2D eigenvalue weighted by atomic mass is 10.0. The number of hydrogen-bond donors (Lipinski definition) is 16. The van der Waals surface area contributed by atoms with Gasteiger partial charge >= 0.3 is 11.9 Å². The van der Waals surface area contributed by atoms with E-state index in [1.807, 2.05) is 0 Å². The van der Waals surface area contributed by atoms with Crippen molar-refractivity contribution in [2.24, 2.45) is 0 Å². The molecule has 0 fully saturated rings. The fraction of sp³-hybridized carbons (Fsp3) is 0.738. The molecule has 0 saturated heterocycles. The third kappa shape index (κ3) is 30.6. The van der Waals surface area contributed by atoms with Gasteiger partial charge in [0, 0.05) is 25.8 Å². The molecule has 0 radical (unpaired) electrons. The van der Waals surface area contributed by atoms with Gasteiger partial charge in [-0.05, 0) is 45.4 Å². The Hall–Kier alpha value is -5.48. The van der Waals surface area contributed by atoms with E-state index in [0.717, 1.165) is 51.4 Å². The average molecular weight is 1010 g/mol. The van der Waals surface area contributed by atoms with Crippen LogP contribution in [0, 0.1) is 0 Å². The number of thiol groups is 1. The van der Waals surface area contributed by atoms with Gasteiger partial charge in [0.05, 0.1) is 45.6 Å². The molecule has 6 atom stereocenters. The van der Waals surface area contributed by atoms with Crippen molar-refractivity contribution in [2.45, 2.75) is 152 Å². The number of rotatable bonds is 41. The van der Waals surface area contributed by atoms with Crippen molar-refractivity contribution in [3.05, 3.63) is 0 Å². The number of nitrogens with one attached hydrogen (secondary N) is 9. The molecule has 0 spiro atoms. The van der Waals surface area contributed by atoms with Crippen LogP contribution < -0.4 is 47.3 Å². The highest BCUT2D eigenvalue weighted by molar-refractivity contribution is 7.78. The van der Waals surface area contributed by atoms with Crippen LogP contribution in [-0.2, 0) is 52.7 Å². The van der Waals surface area contributed by atoms with Gasteiger partial charge in [0.2, 0.25) is 47.3 Å². The zero-order valence-electron chi connectivity index (χ0n) is 39.1. The second-order valence-electron chi connectivity index (χ2n) is 16.1. The molecule has 0 aliphatic carbocycles. The van der Waals surface area contributed by atoms with E-state index in [9.17, 15) is 78.3 Å². The molecule has 0 rings (SSSR count). The monoisotopic (exact) mass is 1010 g/mol. The molecule has 0 aromatic carbocycles. The van der Waals surface area contributed by atoms with Gasteiger partial charge in [-0.1, -0.05) is 64.2 Å². The van der Waals surface area contributed by atoms with E-state index in [-0.39, 0.29) is 31.6 Å². The fourth-order valence-electron chi connectivity index (χ4n) is 6.31. The summed E-state index contributed by atoms with van der Waals surface area (Å²) in [5.41, 5.74) is 0. The summed E-state index contributed by atoms with van der Waals surface area (Å²) in [6.45, 7) is -3.72. The predicted molar refractivity (Wildman–Crippen MR) is 247 cm³/mol. The Kier molecular flexibility index (Phi) is 35.3. The van der Waals surface area contributed by atoms with Gasteiger partial charge in [-0.3, -0.25) is 52.7 Å². The molecule has 0 aromatic heterocycles. The lowest BCUT2D eigenvalue weighted by Gasteiger charge is -2.22. The SMILES string of the molecule is CC(=O)[C@H](CCCCNC(=O)CNC(=O)[C@H](CO)NC(=O)[C@H](CO)NC(=O)CNC(=O)[C@H](CO)NC(=O)[C@H](CO)NC(=O)CC[C@H](NC(=O)CCCCCCCCCCCCC(=O)O)C(=O)O)NS. The normalized spacial score (nSPS) is 13.5. The van der Waals surface area contributed by atoms with Crippen LogP contribution in [0.5, 0.6) is 0 Å². The molecule has 0 saturated carbocycles. The van der Waals surface area contributed by atoms with Gasteiger partial charge < -0.3 is 73.2 Å². The highest BCUT2D eigenvalue weighted by atomic mass is 32.1. The van der Waals surface area contributed by atoms with Crippen LogP contribution in [0.3, 0.4) is 0 Å². The molecule has 26 nitrogen and oxygen atoms in total. The maximum absolute atomic E-state index is 12.8. The Morgan fingerprint density at radius 1 is 0.406 bits per heavy atom. The quantitative estimate of drug-likeness (QED) is 0.0205. The molecule has 0 aromatic rings. The molecule has 0 aliphatic rings. The van der Waals surface area contributed by atoms with Crippen molar-refractivity contribution >= 4 is 77.8 Å². The number of unbranched alkanes of at least 4 members (excludes halogenated alkanes) is 10. The molecule has 15 N–H and O–H groups in total. The highest BCUT2D eigenvalue weighted by Gasteiger charge is 2.29. The van der Waals surface area contributed by atoms with Crippen LogP contribution in [-0.4, -0.2) is 178 Å². The standard InChI is InChI=1S/C42H73N9O17S/c1-26(56)27(51-69)14-12-13-19-43-35(59)20-44-38(63)29(22-52)50-41(66)32(25-55)48-36(60)21-45-39(64)30(23-53)49-40(65)31(24-54)47-34(58)18-17-28(42(67)68)46-33(57)15-10-8-6-4-2-3-5-7-9-11-16-37(61)62/h27-32,51-55,69H,2-25H2,1H3,(H,43,59)(H,44,63)(H,45,64)(H,46,57)(H,47,58)(H,48,60)(H,49,65)(H,50,66)(H,61,62)(H,67,68)/t27-,28-,29-,30-,31-,32-/m0/s1. The molecule has 0 unspecified atom stereocenters. The Morgan fingerprint density at radius 3 is 1.25 bits per heavy atom. The number of aliphatic hydroxyl groups excluding tert-OH is 4. The van der Waals surface area contributed by atoms with Gasteiger partial charge in [0.1, 0.15) is 36.0 Å². The summed E-state index contributed by atoms with van der Waals surface area (Å²) in [5.74, 6) is -9.76. The Bertz CT molecular complexity index is 1660. The van der Waals surface area contributed by atoms with Crippen LogP contribution in [0.25, 0.3) is 0 Å². The number of carbonyl (C=O) groups is 11. The molecule has 0 aliphatic heterocycles. The van der Waals surface area contributed by atoms with E-state index < -0.39 is 141 Å². The van der Waals surface area contributed by atoms with Gasteiger partial charge in [-0.25, -0.2) is 4.79 Å². The minimum absolute atomic E-state index is 0.0694. The zero-order chi connectivity index (χ0) is 52.1. The summed E-state index contributed by atoms with van der Waals surface area (Å²) < 4.78 is 2.59. The smallest absolute Gasteiger partial charge is 0.326 e. The molecule has 69 heavy (non-hydrogen) atoms. The third-order valence-corrected chi connectivity index (χ3v) is 10.7. The molecule has 27 heteroatoms. The Balaban J connectivity index is 4.77. The van der Waals surface area contributed by atoms with Crippen LogP contribution in [0.2, 0.25) is 0 Å². The summed E-state index contributed by atoms with van der Waals surface area (Å²) in [7, 11) is 0. The first kappa shape index (κ1) is 63.5. The number of carboxylic acid groups (broad SMARTS) is 2. The molecule has 0 heterocycles. The largest absolute Gasteiger partial charge is 0.481 e. The topological polar surface area (TPSA) is 417 Å². The van der Waals surface area contributed by atoms with E-state index in [4.69, 9.17) is 5.11 Å². The maximum atomic E-state index is 12.8. The minimum atomic E-state index is -1.74. The molecule has 394 valence electrons. The van der Waals surface area contributed by atoms with Crippen LogP contribution in [0.1, 0.15) is 116 Å². The third-order valence-electron chi connectivity index (χ3n) is 10.4. The molecular weight excluding hydrogens is 935 g/mol. The van der Waals surface area contributed by atoms with E-state index in [0.29, 0.717) is 32.1 Å². The number of Topliss-reactive ketones (excluding diaryl/α,β-unsaturated/α-hetero) is 1. The Morgan fingerprint density at radius 2 is 0.812 bits per heavy atom. The summed E-state index contributed by atoms with van der Waals surface area (Å²) >= 11 is 3.89. The number of carbonyl (C=O) groups excluding carboxylic acids is 9. The number of amides is 8. The second-order valence-corrected chi connectivity index (χ2v) is 16.4. The van der Waals surface area contributed by atoms with E-state index in [2.05, 4.69) is 60.1 Å². The first-order chi connectivity index (χ1) is 32.8.